The SMILES string of the molecule is COc1ccc(-n2c(=S)[n+](-c3ccc([N+](=O)[O-])cc3)c3ccccn32)cc1.F[B-](F)(F)F. The van der Waals surface area contributed by atoms with Crippen LogP contribution in [0.3, 0.4) is 0 Å². The Hall–Kier alpha value is -3.74. The maximum absolute atomic E-state index is 10.9. The van der Waals surface area contributed by atoms with Gasteiger partial charge in [0.25, 0.3) is 11.3 Å². The Labute approximate surface area is 184 Å². The van der Waals surface area contributed by atoms with Gasteiger partial charge >= 0.3 is 12.0 Å². The van der Waals surface area contributed by atoms with E-state index < -0.39 is 12.2 Å². The van der Waals surface area contributed by atoms with E-state index in [0.29, 0.717) is 4.77 Å². The minimum atomic E-state index is -6.00. The molecular formula is C19H15BF4N4O3S. The predicted molar refractivity (Wildman–Crippen MR) is 112 cm³/mol. The van der Waals surface area contributed by atoms with Crippen LogP contribution in [0, 0.1) is 14.9 Å². The molecule has 4 rings (SSSR count). The van der Waals surface area contributed by atoms with Gasteiger partial charge in [-0.05, 0) is 54.7 Å². The third-order valence-corrected chi connectivity index (χ3v) is 4.63. The molecule has 7 nitrogen and oxygen atoms in total. The van der Waals surface area contributed by atoms with Crippen LogP contribution < -0.4 is 9.30 Å². The van der Waals surface area contributed by atoms with Crippen molar-refractivity contribution in [3.05, 3.63) is 87.8 Å². The molecular weight excluding hydrogens is 451 g/mol. The van der Waals surface area contributed by atoms with Crippen molar-refractivity contribution in [3.63, 3.8) is 0 Å². The van der Waals surface area contributed by atoms with Crippen LogP contribution >= 0.6 is 12.2 Å². The number of benzene rings is 2. The van der Waals surface area contributed by atoms with Crippen molar-refractivity contribution < 1.29 is 31.5 Å². The molecule has 0 amide bonds. The number of fused-ring (bicyclic) bond motifs is 1. The van der Waals surface area contributed by atoms with Gasteiger partial charge in [-0.25, -0.2) is 0 Å². The molecule has 2 aromatic heterocycles. The zero-order chi connectivity index (χ0) is 23.5. The third kappa shape index (κ3) is 5.11. The van der Waals surface area contributed by atoms with Crippen LogP contribution in [0.25, 0.3) is 17.0 Å². The van der Waals surface area contributed by atoms with Gasteiger partial charge in [0, 0.05) is 18.2 Å². The average molecular weight is 466 g/mol. The first kappa shape index (κ1) is 22.9. The summed E-state index contributed by atoms with van der Waals surface area (Å²) in [5, 5.41) is 10.9. The van der Waals surface area contributed by atoms with E-state index >= 15 is 0 Å². The highest BCUT2D eigenvalue weighted by Crippen LogP contribution is 2.18. The van der Waals surface area contributed by atoms with Crippen molar-refractivity contribution in [2.45, 2.75) is 0 Å². The lowest BCUT2D eigenvalue weighted by Gasteiger charge is -2.00. The highest BCUT2D eigenvalue weighted by Gasteiger charge is 2.22. The number of halogens is 4. The molecule has 0 spiro atoms. The maximum atomic E-state index is 10.9. The summed E-state index contributed by atoms with van der Waals surface area (Å²) in [5.41, 5.74) is 2.51. The zero-order valence-electron chi connectivity index (χ0n) is 16.4. The zero-order valence-corrected chi connectivity index (χ0v) is 17.3. The Morgan fingerprint density at radius 1 is 1.00 bits per heavy atom. The molecule has 166 valence electrons. The first-order chi connectivity index (χ1) is 15.1. The largest absolute Gasteiger partial charge is 0.673 e. The number of nitrogens with zero attached hydrogens (tertiary/aromatic N) is 4. The molecule has 4 aromatic rings. The van der Waals surface area contributed by atoms with E-state index in [9.17, 15) is 27.4 Å². The van der Waals surface area contributed by atoms with Crippen molar-refractivity contribution in [2.24, 2.45) is 0 Å². The molecule has 0 unspecified atom stereocenters. The summed E-state index contributed by atoms with van der Waals surface area (Å²) >= 11 is 5.74. The Bertz CT molecular complexity index is 1300. The maximum Gasteiger partial charge on any atom is 0.673 e. The summed E-state index contributed by atoms with van der Waals surface area (Å²) in [6.07, 6.45) is 1.91. The minimum Gasteiger partial charge on any atom is -0.497 e. The van der Waals surface area contributed by atoms with E-state index in [1.54, 1.807) is 19.2 Å². The molecule has 0 aliphatic carbocycles. The number of methoxy groups -OCH3 is 1. The van der Waals surface area contributed by atoms with Gasteiger partial charge in [-0.1, -0.05) is 10.7 Å². The summed E-state index contributed by atoms with van der Waals surface area (Å²) in [6, 6.07) is 19.7. The van der Waals surface area contributed by atoms with Crippen LogP contribution in [0.1, 0.15) is 0 Å². The fraction of sp³-hybridized carbons (Fsp3) is 0.0526. The number of pyridine rings is 1. The van der Waals surface area contributed by atoms with Gasteiger partial charge < -0.3 is 22.0 Å². The molecule has 0 aliphatic rings. The van der Waals surface area contributed by atoms with Gasteiger partial charge in [-0.2, -0.15) is 4.57 Å². The molecule has 13 heteroatoms. The summed E-state index contributed by atoms with van der Waals surface area (Å²) in [6.45, 7) is 0. The molecule has 0 atom stereocenters. The first-order valence-electron chi connectivity index (χ1n) is 9.01. The van der Waals surface area contributed by atoms with Gasteiger partial charge in [-0.3, -0.25) is 10.1 Å². The van der Waals surface area contributed by atoms with E-state index in [2.05, 4.69) is 0 Å². The predicted octanol–water partition coefficient (Wildman–Crippen LogP) is 4.95. The Morgan fingerprint density at radius 3 is 2.12 bits per heavy atom. The number of hydrogen-bond acceptors (Lipinski definition) is 4. The molecule has 0 saturated carbocycles. The van der Waals surface area contributed by atoms with Crippen LogP contribution in [0.4, 0.5) is 23.0 Å². The van der Waals surface area contributed by atoms with Gasteiger partial charge in [-0.15, -0.1) is 4.52 Å². The minimum absolute atomic E-state index is 0.0387. The van der Waals surface area contributed by atoms with Gasteiger partial charge in [0.05, 0.1) is 12.0 Å². The van der Waals surface area contributed by atoms with Gasteiger partial charge in [0.1, 0.15) is 23.3 Å². The number of nitro groups is 1. The van der Waals surface area contributed by atoms with Crippen LogP contribution in [0.5, 0.6) is 5.75 Å². The topological polar surface area (TPSA) is 65.6 Å². The van der Waals surface area contributed by atoms with E-state index in [4.69, 9.17) is 17.0 Å². The van der Waals surface area contributed by atoms with Crippen molar-refractivity contribution in [3.8, 4) is 17.1 Å². The molecule has 2 heterocycles. The quantitative estimate of drug-likeness (QED) is 0.107. The van der Waals surface area contributed by atoms with Crippen molar-refractivity contribution in [1.29, 1.82) is 0 Å². The highest BCUT2D eigenvalue weighted by molar-refractivity contribution is 7.71. The second kappa shape index (κ2) is 9.18. The van der Waals surface area contributed by atoms with E-state index in [-0.39, 0.29) is 5.69 Å². The molecule has 0 bridgehead atoms. The Balaban J connectivity index is 0.000000523. The van der Waals surface area contributed by atoms with Crippen LogP contribution in [-0.2, 0) is 0 Å². The standard InChI is InChI=1S/C19H15N4O3S.BF4/c1-26-17-11-9-15(10-12-17)22-19(27)21(18-4-2-3-13-20(18)22)14-5-7-16(8-6-14)23(24)25;2-1(3,4)5/h2-13H,1H3;/q+1;-1. The van der Waals surface area contributed by atoms with Gasteiger partial charge in [0.15, 0.2) is 0 Å². The first-order valence-corrected chi connectivity index (χ1v) is 9.42. The second-order valence-corrected chi connectivity index (χ2v) is 6.66. The lowest BCUT2D eigenvalue weighted by atomic mass is 10.3. The summed E-state index contributed by atoms with van der Waals surface area (Å²) in [5.74, 6) is 0.759. The van der Waals surface area contributed by atoms with E-state index in [0.717, 1.165) is 22.8 Å². The summed E-state index contributed by atoms with van der Waals surface area (Å²) in [4.78, 5) is 10.5. The number of nitro benzene ring substituents is 1. The van der Waals surface area contributed by atoms with Crippen LogP contribution in [-0.4, -0.2) is 28.5 Å². The molecule has 32 heavy (non-hydrogen) atoms. The average Bonchev–Trinajstić information content (AvgIpc) is 3.04. The lowest BCUT2D eigenvalue weighted by Crippen LogP contribution is -2.31. The summed E-state index contributed by atoms with van der Waals surface area (Å²) in [7, 11) is -4.38. The monoisotopic (exact) mass is 466 g/mol. The third-order valence-electron chi connectivity index (χ3n) is 4.27. The van der Waals surface area contributed by atoms with Crippen molar-refractivity contribution in [2.75, 3.05) is 7.11 Å². The molecule has 0 saturated heterocycles. The molecule has 0 aliphatic heterocycles. The molecule has 0 fully saturated rings. The fourth-order valence-electron chi connectivity index (χ4n) is 2.98. The van der Waals surface area contributed by atoms with Crippen LogP contribution in [0.2, 0.25) is 0 Å². The Kier molecular flexibility index (Phi) is 6.58. The molecule has 0 N–H and O–H groups in total. The number of non-ortho nitro benzene ring substituents is 1. The number of ether oxygens (including phenoxy) is 1. The Morgan fingerprint density at radius 2 is 1.59 bits per heavy atom. The van der Waals surface area contributed by atoms with Crippen LogP contribution in [0.15, 0.2) is 72.9 Å². The number of rotatable bonds is 4. The second-order valence-electron chi connectivity index (χ2n) is 6.30. The van der Waals surface area contributed by atoms with E-state index in [1.807, 2.05) is 62.4 Å². The normalized spacial score (nSPS) is 11.0. The van der Waals surface area contributed by atoms with Crippen molar-refractivity contribution in [1.82, 2.24) is 9.20 Å². The number of hydrogen-bond donors (Lipinski definition) is 0. The highest BCUT2D eigenvalue weighted by atomic mass is 32.1. The smallest absolute Gasteiger partial charge is 0.497 e. The van der Waals surface area contributed by atoms with E-state index in [1.165, 1.54) is 12.1 Å². The van der Waals surface area contributed by atoms with Crippen molar-refractivity contribution >= 4 is 30.8 Å². The molecule has 0 radical (unpaired) electrons. The fourth-order valence-corrected chi connectivity index (χ4v) is 3.37. The summed E-state index contributed by atoms with van der Waals surface area (Å²) < 4.78 is 50.5. The number of aromatic nitrogens is 3. The molecule has 2 aromatic carbocycles. The van der Waals surface area contributed by atoms with Gasteiger partial charge in [0.2, 0.25) is 0 Å². The lowest BCUT2D eigenvalue weighted by molar-refractivity contribution is -0.576.